The number of rotatable bonds is 15. The molecule has 0 aliphatic carbocycles. The Balaban J connectivity index is 1.25. The van der Waals surface area contributed by atoms with E-state index < -0.39 is 5.97 Å². The molecule has 7 nitrogen and oxygen atoms in total. The third kappa shape index (κ3) is 8.47. The molecule has 0 saturated heterocycles. The van der Waals surface area contributed by atoms with Crippen molar-refractivity contribution in [1.29, 1.82) is 0 Å². The van der Waals surface area contributed by atoms with Crippen LogP contribution in [0.4, 0.5) is 17.1 Å². The molecular weight excluding hydrogens is 687 g/mol. The van der Waals surface area contributed by atoms with Crippen LogP contribution in [0.15, 0.2) is 146 Å². The molecule has 0 spiro atoms. The minimum Gasteiger partial charge on any atom is -0.493 e. The molecule has 276 valence electrons. The molecule has 0 atom stereocenters. The van der Waals surface area contributed by atoms with E-state index in [0.717, 1.165) is 40.2 Å². The maximum Gasteiger partial charge on any atom is 0.330 e. The Labute approximate surface area is 321 Å². The second-order valence-electron chi connectivity index (χ2n) is 13.3. The standard InChI is InChI=1S/C48H43NO6/c1-4-48(51)55-30-10-29-54-40-24-20-37(21-25-40)49(36-18-22-39(23-19-36)53-28-9-27-52-34(3)50)38-17-15-33(2)45(31-38)47-32-46-41-12-6-5-11-35(41)16-26-44(46)42-13-7-8-14-43(42)47/h4-8,11-26,31-32H,1,9-10,27-30H2,2-3H3. The highest BCUT2D eigenvalue weighted by Crippen LogP contribution is 2.42. The lowest BCUT2D eigenvalue weighted by molar-refractivity contribution is -0.141. The molecule has 0 amide bonds. The number of fused-ring (bicyclic) bond motifs is 5. The van der Waals surface area contributed by atoms with Crippen LogP contribution in [0.5, 0.6) is 11.5 Å². The Kier molecular flexibility index (Phi) is 11.4. The van der Waals surface area contributed by atoms with Crippen molar-refractivity contribution in [3.8, 4) is 22.6 Å². The van der Waals surface area contributed by atoms with Gasteiger partial charge in [-0.3, -0.25) is 4.79 Å². The molecule has 7 rings (SSSR count). The summed E-state index contributed by atoms with van der Waals surface area (Å²) in [7, 11) is 0. The van der Waals surface area contributed by atoms with Crippen LogP contribution in [-0.4, -0.2) is 38.4 Å². The summed E-state index contributed by atoms with van der Waals surface area (Å²) in [5.41, 5.74) is 6.40. The van der Waals surface area contributed by atoms with Gasteiger partial charge in [-0.15, -0.1) is 0 Å². The molecule has 0 heterocycles. The molecule has 0 saturated carbocycles. The molecule has 7 heteroatoms. The van der Waals surface area contributed by atoms with Crippen LogP contribution in [0, 0.1) is 6.92 Å². The Morgan fingerprint density at radius 2 is 1.13 bits per heavy atom. The average Bonchev–Trinajstić information content (AvgIpc) is 3.21. The first-order chi connectivity index (χ1) is 26.9. The molecule has 7 aromatic rings. The van der Waals surface area contributed by atoms with E-state index in [1.54, 1.807) is 0 Å². The summed E-state index contributed by atoms with van der Waals surface area (Å²) in [6.07, 6.45) is 2.33. The topological polar surface area (TPSA) is 74.3 Å². The molecule has 0 fully saturated rings. The number of carbonyl (C=O) groups excluding carboxylic acids is 2. The Morgan fingerprint density at radius 1 is 0.564 bits per heavy atom. The molecule has 0 aliphatic heterocycles. The molecule has 0 unspecified atom stereocenters. The van der Waals surface area contributed by atoms with Crippen LogP contribution in [0.25, 0.3) is 43.4 Å². The first-order valence-electron chi connectivity index (χ1n) is 18.5. The summed E-state index contributed by atoms with van der Waals surface area (Å²) in [4.78, 5) is 24.7. The highest BCUT2D eigenvalue weighted by atomic mass is 16.5. The van der Waals surface area contributed by atoms with E-state index in [9.17, 15) is 9.59 Å². The van der Waals surface area contributed by atoms with Crippen LogP contribution < -0.4 is 14.4 Å². The highest BCUT2D eigenvalue weighted by molar-refractivity contribution is 6.21. The van der Waals surface area contributed by atoms with Gasteiger partial charge in [-0.1, -0.05) is 73.3 Å². The van der Waals surface area contributed by atoms with Gasteiger partial charge >= 0.3 is 11.9 Å². The van der Waals surface area contributed by atoms with E-state index in [1.165, 1.54) is 50.4 Å². The molecule has 0 aliphatic rings. The number of esters is 2. The number of hydrogen-bond acceptors (Lipinski definition) is 7. The quantitative estimate of drug-likeness (QED) is 0.0450. The van der Waals surface area contributed by atoms with Gasteiger partial charge in [0.05, 0.1) is 26.4 Å². The third-order valence-corrected chi connectivity index (χ3v) is 9.56. The van der Waals surface area contributed by atoms with Gasteiger partial charge in [-0.05, 0) is 123 Å². The molecule has 0 N–H and O–H groups in total. The summed E-state index contributed by atoms with van der Waals surface area (Å²) in [5, 5.41) is 7.34. The van der Waals surface area contributed by atoms with Crippen LogP contribution in [0.2, 0.25) is 0 Å². The van der Waals surface area contributed by atoms with Crippen molar-refractivity contribution in [2.75, 3.05) is 31.3 Å². The number of nitrogens with zero attached hydrogens (tertiary/aromatic N) is 1. The van der Waals surface area contributed by atoms with Crippen LogP contribution in [-0.2, 0) is 19.1 Å². The SMILES string of the molecule is C=CC(=O)OCCCOc1ccc(N(c2ccc(OCCCOC(C)=O)cc2)c2ccc(C)c(-c3cc4c5ccccc5ccc4c4ccccc34)c2)cc1. The van der Waals surface area contributed by atoms with E-state index in [1.807, 2.05) is 48.5 Å². The van der Waals surface area contributed by atoms with Crippen LogP contribution >= 0.6 is 0 Å². The lowest BCUT2D eigenvalue weighted by atomic mass is 9.89. The Morgan fingerprint density at radius 3 is 1.76 bits per heavy atom. The average molecular weight is 730 g/mol. The number of benzene rings is 7. The second-order valence-corrected chi connectivity index (χ2v) is 13.3. The lowest BCUT2D eigenvalue weighted by Crippen LogP contribution is -2.11. The zero-order valence-corrected chi connectivity index (χ0v) is 31.1. The number of anilines is 3. The van der Waals surface area contributed by atoms with E-state index in [4.69, 9.17) is 18.9 Å². The molecule has 0 bridgehead atoms. The van der Waals surface area contributed by atoms with Crippen molar-refractivity contribution in [2.45, 2.75) is 26.7 Å². The molecule has 0 aromatic heterocycles. The maximum atomic E-state index is 11.4. The normalized spacial score (nSPS) is 11.0. The molecule has 0 radical (unpaired) electrons. The lowest BCUT2D eigenvalue weighted by Gasteiger charge is -2.27. The zero-order valence-electron chi connectivity index (χ0n) is 31.1. The summed E-state index contributed by atoms with van der Waals surface area (Å²) in [6, 6.07) is 46.7. The maximum absolute atomic E-state index is 11.4. The summed E-state index contributed by atoms with van der Waals surface area (Å²) in [6.45, 7) is 8.43. The Bertz CT molecular complexity index is 2470. The minimum atomic E-state index is -0.440. The number of aryl methyl sites for hydroxylation is 1. The molecule has 55 heavy (non-hydrogen) atoms. The Hall–Kier alpha value is -6.60. The van der Waals surface area contributed by atoms with Crippen molar-refractivity contribution in [1.82, 2.24) is 0 Å². The van der Waals surface area contributed by atoms with Gasteiger partial charge in [0.1, 0.15) is 11.5 Å². The smallest absolute Gasteiger partial charge is 0.330 e. The molecule has 7 aromatic carbocycles. The number of ether oxygens (including phenoxy) is 4. The van der Waals surface area contributed by atoms with Gasteiger partial charge in [0.25, 0.3) is 0 Å². The largest absolute Gasteiger partial charge is 0.493 e. The minimum absolute atomic E-state index is 0.265. The van der Waals surface area contributed by atoms with Crippen molar-refractivity contribution < 1.29 is 28.5 Å². The summed E-state index contributed by atoms with van der Waals surface area (Å²) >= 11 is 0. The fraction of sp³-hybridized carbons (Fsp3) is 0.167. The number of hydrogen-bond donors (Lipinski definition) is 0. The highest BCUT2D eigenvalue weighted by Gasteiger charge is 2.18. The van der Waals surface area contributed by atoms with Gasteiger partial charge in [0, 0.05) is 42.9 Å². The van der Waals surface area contributed by atoms with Gasteiger partial charge in [-0.2, -0.15) is 0 Å². The second kappa shape index (κ2) is 17.0. The predicted octanol–water partition coefficient (Wildman–Crippen LogP) is 11.4. The van der Waals surface area contributed by atoms with E-state index >= 15 is 0 Å². The monoisotopic (exact) mass is 729 g/mol. The van der Waals surface area contributed by atoms with Crippen molar-refractivity contribution in [3.05, 3.63) is 152 Å². The first-order valence-corrected chi connectivity index (χ1v) is 18.5. The number of carbonyl (C=O) groups is 2. The van der Waals surface area contributed by atoms with Gasteiger partial charge < -0.3 is 23.8 Å². The van der Waals surface area contributed by atoms with Crippen molar-refractivity contribution in [3.63, 3.8) is 0 Å². The van der Waals surface area contributed by atoms with Crippen molar-refractivity contribution in [2.24, 2.45) is 0 Å². The van der Waals surface area contributed by atoms with Gasteiger partial charge in [0.15, 0.2) is 0 Å². The van der Waals surface area contributed by atoms with Crippen LogP contribution in [0.3, 0.4) is 0 Å². The van der Waals surface area contributed by atoms with E-state index in [0.29, 0.717) is 32.7 Å². The first kappa shape index (κ1) is 36.7. The molecular formula is C48H43NO6. The van der Waals surface area contributed by atoms with Gasteiger partial charge in [-0.25, -0.2) is 4.79 Å². The van der Waals surface area contributed by atoms with Gasteiger partial charge in [0.2, 0.25) is 0 Å². The fourth-order valence-electron chi connectivity index (χ4n) is 6.90. The van der Waals surface area contributed by atoms with Crippen molar-refractivity contribution >= 4 is 61.3 Å². The summed E-state index contributed by atoms with van der Waals surface area (Å²) in [5.74, 6) is 0.714. The zero-order chi connectivity index (χ0) is 38.1. The fourth-order valence-corrected chi connectivity index (χ4v) is 6.90. The van der Waals surface area contributed by atoms with E-state index in [2.05, 4.69) is 103 Å². The van der Waals surface area contributed by atoms with Crippen LogP contribution in [0.1, 0.15) is 25.3 Å². The predicted molar refractivity (Wildman–Crippen MR) is 222 cm³/mol. The summed E-state index contributed by atoms with van der Waals surface area (Å²) < 4.78 is 22.0. The third-order valence-electron chi connectivity index (χ3n) is 9.56. The van der Waals surface area contributed by atoms with E-state index in [-0.39, 0.29) is 12.6 Å².